The summed E-state index contributed by atoms with van der Waals surface area (Å²) >= 11 is 1.24. The molecule has 0 aromatic heterocycles. The highest BCUT2D eigenvalue weighted by Crippen LogP contribution is 2.33. The SMILES string of the molecule is CCOc1ccccc1N=C1NC(=O)/C(=C\c2ccc(O)c(OC)c2)S1. The van der Waals surface area contributed by atoms with E-state index in [1.807, 2.05) is 31.2 Å². The monoisotopic (exact) mass is 370 g/mol. The quantitative estimate of drug-likeness (QED) is 0.785. The first-order valence-corrected chi connectivity index (χ1v) is 8.80. The topological polar surface area (TPSA) is 80.2 Å². The second-order valence-corrected chi connectivity index (χ2v) is 6.34. The van der Waals surface area contributed by atoms with Crippen LogP contribution in [0.4, 0.5) is 5.69 Å². The van der Waals surface area contributed by atoms with Gasteiger partial charge in [0.05, 0.1) is 18.6 Å². The second kappa shape index (κ2) is 7.97. The largest absolute Gasteiger partial charge is 0.504 e. The van der Waals surface area contributed by atoms with Crippen LogP contribution in [0.1, 0.15) is 12.5 Å². The number of amidine groups is 1. The molecule has 0 saturated carbocycles. The Morgan fingerprint density at radius 1 is 1.23 bits per heavy atom. The zero-order valence-corrected chi connectivity index (χ0v) is 15.2. The number of benzene rings is 2. The van der Waals surface area contributed by atoms with Crippen molar-refractivity contribution in [2.75, 3.05) is 13.7 Å². The Hall–Kier alpha value is -2.93. The van der Waals surface area contributed by atoms with Gasteiger partial charge in [-0.1, -0.05) is 18.2 Å². The molecule has 6 nitrogen and oxygen atoms in total. The molecule has 3 rings (SSSR count). The van der Waals surface area contributed by atoms with E-state index < -0.39 is 0 Å². The second-order valence-electron chi connectivity index (χ2n) is 5.31. The third-order valence-corrected chi connectivity index (χ3v) is 4.45. The van der Waals surface area contributed by atoms with Crippen molar-refractivity contribution in [1.82, 2.24) is 5.32 Å². The molecule has 0 aliphatic carbocycles. The van der Waals surface area contributed by atoms with E-state index >= 15 is 0 Å². The summed E-state index contributed by atoms with van der Waals surface area (Å²) < 4.78 is 10.6. The summed E-state index contributed by atoms with van der Waals surface area (Å²) in [4.78, 5) is 17.2. The number of ether oxygens (including phenoxy) is 2. The van der Waals surface area contributed by atoms with E-state index in [9.17, 15) is 9.90 Å². The molecule has 1 saturated heterocycles. The first kappa shape index (κ1) is 17.9. The van der Waals surface area contributed by atoms with Gasteiger partial charge in [0.15, 0.2) is 16.7 Å². The van der Waals surface area contributed by atoms with Crippen molar-refractivity contribution in [3.63, 3.8) is 0 Å². The minimum Gasteiger partial charge on any atom is -0.504 e. The number of phenols is 1. The summed E-state index contributed by atoms with van der Waals surface area (Å²) in [6, 6.07) is 12.3. The highest BCUT2D eigenvalue weighted by atomic mass is 32.2. The van der Waals surface area contributed by atoms with Crippen LogP contribution in [0.5, 0.6) is 17.2 Å². The lowest BCUT2D eigenvalue weighted by Crippen LogP contribution is -2.19. The fraction of sp³-hybridized carbons (Fsp3) is 0.158. The van der Waals surface area contributed by atoms with Crippen LogP contribution >= 0.6 is 11.8 Å². The molecule has 2 N–H and O–H groups in total. The first-order chi connectivity index (χ1) is 12.6. The lowest BCUT2D eigenvalue weighted by atomic mass is 10.2. The molecule has 0 unspecified atom stereocenters. The highest BCUT2D eigenvalue weighted by Gasteiger charge is 2.24. The van der Waals surface area contributed by atoms with Gasteiger partial charge in [-0.05, 0) is 54.6 Å². The van der Waals surface area contributed by atoms with Crippen LogP contribution in [0.2, 0.25) is 0 Å². The number of aromatic hydroxyl groups is 1. The molecule has 0 bridgehead atoms. The van der Waals surface area contributed by atoms with Crippen LogP contribution < -0.4 is 14.8 Å². The molecule has 1 fully saturated rings. The predicted octanol–water partition coefficient (Wildman–Crippen LogP) is 3.69. The lowest BCUT2D eigenvalue weighted by molar-refractivity contribution is -0.115. The van der Waals surface area contributed by atoms with Crippen molar-refractivity contribution in [1.29, 1.82) is 0 Å². The summed E-state index contributed by atoms with van der Waals surface area (Å²) in [7, 11) is 1.48. The van der Waals surface area contributed by atoms with E-state index in [1.54, 1.807) is 18.2 Å². The molecular weight excluding hydrogens is 352 g/mol. The number of nitrogens with one attached hydrogen (secondary N) is 1. The lowest BCUT2D eigenvalue weighted by Gasteiger charge is -2.06. The minimum absolute atomic E-state index is 0.0490. The van der Waals surface area contributed by atoms with Crippen LogP contribution in [-0.4, -0.2) is 29.9 Å². The molecule has 134 valence electrons. The van der Waals surface area contributed by atoms with E-state index in [-0.39, 0.29) is 11.7 Å². The zero-order valence-electron chi connectivity index (χ0n) is 14.4. The molecule has 2 aromatic carbocycles. The number of carbonyl (C=O) groups excluding carboxylic acids is 1. The number of nitrogens with zero attached hydrogens (tertiary/aromatic N) is 1. The van der Waals surface area contributed by atoms with E-state index in [0.717, 1.165) is 5.56 Å². The van der Waals surface area contributed by atoms with Crippen molar-refractivity contribution in [2.45, 2.75) is 6.92 Å². The number of hydrogen-bond acceptors (Lipinski definition) is 6. The van der Waals surface area contributed by atoms with Gasteiger partial charge in [-0.25, -0.2) is 4.99 Å². The molecule has 1 amide bonds. The maximum Gasteiger partial charge on any atom is 0.264 e. The number of phenolic OH excluding ortho intramolecular Hbond substituents is 1. The number of rotatable bonds is 5. The molecule has 0 atom stereocenters. The van der Waals surface area contributed by atoms with Crippen molar-refractivity contribution in [2.24, 2.45) is 4.99 Å². The molecular formula is C19H18N2O4S. The third kappa shape index (κ3) is 4.00. The molecule has 0 spiro atoms. The number of hydrogen-bond donors (Lipinski definition) is 2. The van der Waals surface area contributed by atoms with Gasteiger partial charge >= 0.3 is 0 Å². The van der Waals surface area contributed by atoms with Gasteiger partial charge in [-0.3, -0.25) is 4.79 Å². The molecule has 0 radical (unpaired) electrons. The third-order valence-electron chi connectivity index (χ3n) is 3.54. The van der Waals surface area contributed by atoms with E-state index in [1.165, 1.54) is 24.9 Å². The number of carbonyl (C=O) groups is 1. The zero-order chi connectivity index (χ0) is 18.5. The molecule has 1 heterocycles. The fourth-order valence-corrected chi connectivity index (χ4v) is 3.19. The molecule has 7 heteroatoms. The number of thioether (sulfide) groups is 1. The van der Waals surface area contributed by atoms with Gasteiger partial charge in [0, 0.05) is 0 Å². The van der Waals surface area contributed by atoms with E-state index in [0.29, 0.717) is 33.9 Å². The van der Waals surface area contributed by atoms with E-state index in [4.69, 9.17) is 9.47 Å². The van der Waals surface area contributed by atoms with Crippen molar-refractivity contribution in [3.05, 3.63) is 52.9 Å². The van der Waals surface area contributed by atoms with Crippen molar-refractivity contribution < 1.29 is 19.4 Å². The fourth-order valence-electron chi connectivity index (χ4n) is 2.35. The van der Waals surface area contributed by atoms with Crippen LogP contribution in [0.25, 0.3) is 6.08 Å². The number of methoxy groups -OCH3 is 1. The summed E-state index contributed by atoms with van der Waals surface area (Å²) in [5.41, 5.74) is 1.40. The van der Waals surface area contributed by atoms with Gasteiger partial charge in [0.1, 0.15) is 11.4 Å². The maximum atomic E-state index is 12.2. The van der Waals surface area contributed by atoms with Gasteiger partial charge in [-0.2, -0.15) is 0 Å². The number of amides is 1. The average Bonchev–Trinajstić information content (AvgIpc) is 2.97. The van der Waals surface area contributed by atoms with Gasteiger partial charge in [-0.15, -0.1) is 0 Å². The smallest absolute Gasteiger partial charge is 0.264 e. The molecule has 1 aliphatic heterocycles. The number of para-hydroxylation sites is 2. The summed E-state index contributed by atoms with van der Waals surface area (Å²) in [6.45, 7) is 2.44. The summed E-state index contributed by atoms with van der Waals surface area (Å²) in [5.74, 6) is 0.836. The van der Waals surface area contributed by atoms with Crippen LogP contribution in [-0.2, 0) is 4.79 Å². The average molecular weight is 370 g/mol. The van der Waals surface area contributed by atoms with Crippen molar-refractivity contribution >= 4 is 34.6 Å². The molecule has 26 heavy (non-hydrogen) atoms. The number of aliphatic imine (C=N–C) groups is 1. The van der Waals surface area contributed by atoms with Gasteiger partial charge < -0.3 is 19.9 Å². The Balaban J connectivity index is 1.85. The van der Waals surface area contributed by atoms with Gasteiger partial charge in [0.2, 0.25) is 0 Å². The first-order valence-electron chi connectivity index (χ1n) is 7.99. The highest BCUT2D eigenvalue weighted by molar-refractivity contribution is 8.18. The summed E-state index contributed by atoms with van der Waals surface area (Å²) in [6.07, 6.45) is 1.72. The maximum absolute atomic E-state index is 12.2. The molecule has 2 aromatic rings. The van der Waals surface area contributed by atoms with Crippen molar-refractivity contribution in [3.8, 4) is 17.2 Å². The Morgan fingerprint density at radius 3 is 2.81 bits per heavy atom. The predicted molar refractivity (Wildman–Crippen MR) is 103 cm³/mol. The Bertz CT molecular complexity index is 893. The Morgan fingerprint density at radius 2 is 2.04 bits per heavy atom. The molecule has 1 aliphatic rings. The standard InChI is InChI=1S/C19H18N2O4S/c1-3-25-15-7-5-4-6-13(15)20-19-21-18(23)17(26-19)11-12-8-9-14(22)16(10-12)24-2/h4-11,22H,3H2,1-2H3,(H,20,21,23)/b17-11+. The minimum atomic E-state index is -0.227. The van der Waals surface area contributed by atoms with Crippen LogP contribution in [0, 0.1) is 0 Å². The summed E-state index contributed by atoms with van der Waals surface area (Å²) in [5, 5.41) is 12.9. The van der Waals surface area contributed by atoms with Crippen LogP contribution in [0.3, 0.4) is 0 Å². The van der Waals surface area contributed by atoms with E-state index in [2.05, 4.69) is 10.3 Å². The Labute approximate surface area is 155 Å². The van der Waals surface area contributed by atoms with Gasteiger partial charge in [0.25, 0.3) is 5.91 Å². The van der Waals surface area contributed by atoms with Crippen LogP contribution in [0.15, 0.2) is 52.4 Å². The normalized spacial score (nSPS) is 16.8. The Kier molecular flexibility index (Phi) is 5.48.